The quantitative estimate of drug-likeness (QED) is 0.759. The number of hydrogen-bond donors (Lipinski definition) is 1. The summed E-state index contributed by atoms with van der Waals surface area (Å²) in [5.41, 5.74) is 1.75. The molecule has 0 saturated carbocycles. The van der Waals surface area contributed by atoms with Gasteiger partial charge in [-0.1, -0.05) is 6.07 Å². The largest absolute Gasteiger partial charge is 0.493 e. The molecule has 7 nitrogen and oxygen atoms in total. The van der Waals surface area contributed by atoms with Crippen molar-refractivity contribution in [1.29, 1.82) is 0 Å². The number of hydrogen-bond acceptors (Lipinski definition) is 7. The lowest BCUT2D eigenvalue weighted by atomic mass is 10.1. The summed E-state index contributed by atoms with van der Waals surface area (Å²) in [5.74, 6) is 0.363. The van der Waals surface area contributed by atoms with Gasteiger partial charge in [-0.05, 0) is 24.1 Å². The van der Waals surface area contributed by atoms with Gasteiger partial charge in [0, 0.05) is 57.2 Å². The highest BCUT2D eigenvalue weighted by Crippen LogP contribution is 2.33. The fourth-order valence-corrected chi connectivity index (χ4v) is 4.20. The number of piperazine rings is 1. The fourth-order valence-electron chi connectivity index (χ4n) is 4.20. The van der Waals surface area contributed by atoms with E-state index in [1.165, 1.54) is 13.5 Å². The maximum absolute atomic E-state index is 11.9. The minimum absolute atomic E-state index is 0. The Bertz CT molecular complexity index is 819. The zero-order valence-corrected chi connectivity index (χ0v) is 17.2. The second kappa shape index (κ2) is 9.13. The van der Waals surface area contributed by atoms with Gasteiger partial charge in [-0.3, -0.25) is 9.80 Å². The highest BCUT2D eigenvalue weighted by atomic mass is 35.5. The van der Waals surface area contributed by atoms with Gasteiger partial charge < -0.3 is 19.2 Å². The van der Waals surface area contributed by atoms with Crippen LogP contribution in [0.2, 0.25) is 0 Å². The van der Waals surface area contributed by atoms with Gasteiger partial charge >= 0.3 is 5.97 Å². The third-order valence-corrected chi connectivity index (χ3v) is 5.65. The van der Waals surface area contributed by atoms with Gasteiger partial charge in [0.2, 0.25) is 5.76 Å². The third-order valence-electron chi connectivity index (χ3n) is 5.65. The predicted octanol–water partition coefficient (Wildman–Crippen LogP) is 2.13. The first-order valence-corrected chi connectivity index (χ1v) is 9.54. The summed E-state index contributed by atoms with van der Waals surface area (Å²) in [6.45, 7) is 7.44. The molecule has 2 aliphatic heterocycles. The Balaban J connectivity index is 0.00000225. The second-order valence-electron chi connectivity index (χ2n) is 7.24. The molecule has 0 bridgehead atoms. The van der Waals surface area contributed by atoms with Gasteiger partial charge in [-0.2, -0.15) is 0 Å². The van der Waals surface area contributed by atoms with Crippen LogP contribution in [0.3, 0.4) is 0 Å². The molecule has 1 N–H and O–H groups in total. The van der Waals surface area contributed by atoms with E-state index in [2.05, 4.69) is 21.2 Å². The summed E-state index contributed by atoms with van der Waals surface area (Å²) in [7, 11) is 2.96. The van der Waals surface area contributed by atoms with Crippen LogP contribution in [-0.2, 0) is 11.3 Å². The summed E-state index contributed by atoms with van der Waals surface area (Å²) >= 11 is 0. The Hall–Kier alpha value is -1.80. The molecule has 1 unspecified atom stereocenters. The third kappa shape index (κ3) is 4.12. The first kappa shape index (κ1) is 20.9. The molecule has 1 atom stereocenters. The van der Waals surface area contributed by atoms with Crippen molar-refractivity contribution in [1.82, 2.24) is 15.1 Å². The lowest BCUT2D eigenvalue weighted by Crippen LogP contribution is -2.49. The minimum Gasteiger partial charge on any atom is -0.493 e. The van der Waals surface area contributed by atoms with Crippen molar-refractivity contribution < 1.29 is 18.7 Å². The van der Waals surface area contributed by atoms with E-state index in [4.69, 9.17) is 13.9 Å². The van der Waals surface area contributed by atoms with E-state index >= 15 is 0 Å². The van der Waals surface area contributed by atoms with E-state index in [0.29, 0.717) is 17.4 Å². The van der Waals surface area contributed by atoms with E-state index in [1.54, 1.807) is 13.2 Å². The van der Waals surface area contributed by atoms with Crippen molar-refractivity contribution in [3.05, 3.63) is 29.5 Å². The molecular weight excluding hydrogens is 382 g/mol. The molecule has 0 amide bonds. The standard InChI is InChI=1S/C20H27N3O4.ClH/c1-25-17-4-3-14(16-11-18(20(24)26-2)27-19(16)17)12-22-8-5-15(13-22)23-9-6-21-7-10-23;/h3-4,11,15,21H,5-10,12-13H2,1-2H3;1H. The van der Waals surface area contributed by atoms with Crippen molar-refractivity contribution in [3.63, 3.8) is 0 Å². The molecule has 2 aromatic rings. The van der Waals surface area contributed by atoms with Crippen LogP contribution in [0.1, 0.15) is 22.5 Å². The molecular formula is C20H28ClN3O4. The van der Waals surface area contributed by atoms with Crippen LogP contribution in [0, 0.1) is 0 Å². The predicted molar refractivity (Wildman–Crippen MR) is 109 cm³/mol. The number of benzene rings is 1. The molecule has 4 rings (SSSR count). The summed E-state index contributed by atoms with van der Waals surface area (Å²) in [4.78, 5) is 17.0. The number of carbonyl (C=O) groups is 1. The molecule has 1 aromatic heterocycles. The Morgan fingerprint density at radius 2 is 2.04 bits per heavy atom. The van der Waals surface area contributed by atoms with Gasteiger partial charge in [0.25, 0.3) is 0 Å². The number of methoxy groups -OCH3 is 2. The summed E-state index contributed by atoms with van der Waals surface area (Å²) in [6.07, 6.45) is 1.21. The molecule has 0 aliphatic carbocycles. The molecule has 1 aromatic carbocycles. The number of rotatable bonds is 5. The van der Waals surface area contributed by atoms with E-state index in [0.717, 1.165) is 56.8 Å². The average molecular weight is 410 g/mol. The lowest BCUT2D eigenvalue weighted by Gasteiger charge is -2.32. The Morgan fingerprint density at radius 1 is 1.25 bits per heavy atom. The van der Waals surface area contributed by atoms with E-state index in [1.807, 2.05) is 6.07 Å². The van der Waals surface area contributed by atoms with Gasteiger partial charge in [0.05, 0.1) is 14.2 Å². The monoisotopic (exact) mass is 409 g/mol. The molecule has 2 saturated heterocycles. The molecule has 2 aliphatic rings. The molecule has 2 fully saturated rings. The van der Waals surface area contributed by atoms with Gasteiger partial charge in [-0.25, -0.2) is 4.79 Å². The van der Waals surface area contributed by atoms with Crippen LogP contribution < -0.4 is 10.1 Å². The number of carbonyl (C=O) groups excluding carboxylic acids is 1. The Kier molecular flexibility index (Phi) is 6.82. The highest BCUT2D eigenvalue weighted by molar-refractivity contribution is 5.95. The molecule has 3 heterocycles. The maximum atomic E-state index is 11.9. The van der Waals surface area contributed by atoms with Gasteiger partial charge in [-0.15, -0.1) is 12.4 Å². The molecule has 0 radical (unpaired) electrons. The Morgan fingerprint density at radius 3 is 2.75 bits per heavy atom. The van der Waals surface area contributed by atoms with Gasteiger partial charge in [0.15, 0.2) is 11.3 Å². The number of halogens is 1. The smallest absolute Gasteiger partial charge is 0.373 e. The van der Waals surface area contributed by atoms with Crippen molar-refractivity contribution in [2.75, 3.05) is 53.5 Å². The number of furan rings is 1. The number of likely N-dealkylation sites (tertiary alicyclic amines) is 1. The molecule has 0 spiro atoms. The van der Waals surface area contributed by atoms with E-state index in [9.17, 15) is 4.79 Å². The zero-order valence-electron chi connectivity index (χ0n) is 16.4. The topological polar surface area (TPSA) is 67.2 Å². The number of nitrogens with one attached hydrogen (secondary N) is 1. The zero-order chi connectivity index (χ0) is 18.8. The first-order chi connectivity index (χ1) is 13.2. The van der Waals surface area contributed by atoms with Crippen molar-refractivity contribution in [2.45, 2.75) is 19.0 Å². The van der Waals surface area contributed by atoms with Gasteiger partial charge in [0.1, 0.15) is 0 Å². The van der Waals surface area contributed by atoms with E-state index < -0.39 is 5.97 Å². The minimum atomic E-state index is -0.473. The SMILES string of the molecule is COC(=O)c1cc2c(CN3CCC(N4CCNCC4)C3)ccc(OC)c2o1.Cl. The van der Waals surface area contributed by atoms with Crippen LogP contribution >= 0.6 is 12.4 Å². The maximum Gasteiger partial charge on any atom is 0.373 e. The normalized spacial score (nSPS) is 20.9. The van der Waals surface area contributed by atoms with Crippen molar-refractivity contribution >= 4 is 29.3 Å². The van der Waals surface area contributed by atoms with Crippen LogP contribution in [-0.4, -0.2) is 75.3 Å². The fraction of sp³-hybridized carbons (Fsp3) is 0.550. The highest BCUT2D eigenvalue weighted by Gasteiger charge is 2.29. The van der Waals surface area contributed by atoms with Crippen LogP contribution in [0.15, 0.2) is 22.6 Å². The Labute approximate surface area is 171 Å². The van der Waals surface area contributed by atoms with Crippen LogP contribution in [0.4, 0.5) is 0 Å². The summed E-state index contributed by atoms with van der Waals surface area (Å²) in [5, 5.41) is 4.34. The number of nitrogens with zero attached hydrogens (tertiary/aromatic N) is 2. The summed E-state index contributed by atoms with van der Waals surface area (Å²) in [6, 6.07) is 6.38. The summed E-state index contributed by atoms with van der Waals surface area (Å²) < 4.78 is 15.9. The number of ether oxygens (including phenoxy) is 2. The molecule has 154 valence electrons. The second-order valence-corrected chi connectivity index (χ2v) is 7.24. The number of esters is 1. The molecule has 8 heteroatoms. The average Bonchev–Trinajstić information content (AvgIpc) is 3.36. The molecule has 28 heavy (non-hydrogen) atoms. The van der Waals surface area contributed by atoms with E-state index in [-0.39, 0.29) is 18.2 Å². The lowest BCUT2D eigenvalue weighted by molar-refractivity contribution is 0.0567. The van der Waals surface area contributed by atoms with Crippen LogP contribution in [0.5, 0.6) is 5.75 Å². The number of fused-ring (bicyclic) bond motifs is 1. The first-order valence-electron chi connectivity index (χ1n) is 9.54. The van der Waals surface area contributed by atoms with Crippen molar-refractivity contribution in [3.8, 4) is 5.75 Å². The van der Waals surface area contributed by atoms with Crippen LogP contribution in [0.25, 0.3) is 11.0 Å². The van der Waals surface area contributed by atoms with Crippen molar-refractivity contribution in [2.24, 2.45) is 0 Å².